The molecule has 0 unspecified atom stereocenters. The van der Waals surface area contributed by atoms with Gasteiger partial charge in [0, 0.05) is 18.3 Å². The Labute approximate surface area is 174 Å². The summed E-state index contributed by atoms with van der Waals surface area (Å²) < 4.78 is 35.1. The molecular formula is C20H17F2N3O6. The molecule has 0 spiro atoms. The van der Waals surface area contributed by atoms with Gasteiger partial charge in [0.1, 0.15) is 0 Å². The number of ether oxygens (including phenoxy) is 2. The number of β-lactam (4-membered cyclic amide) rings is 1. The molecule has 3 heterocycles. The van der Waals surface area contributed by atoms with E-state index in [9.17, 15) is 28.3 Å². The van der Waals surface area contributed by atoms with E-state index in [1.165, 1.54) is 24.4 Å². The highest BCUT2D eigenvalue weighted by molar-refractivity contribution is 6.07. The van der Waals surface area contributed by atoms with Crippen LogP contribution in [0.3, 0.4) is 0 Å². The molecule has 9 nitrogen and oxygen atoms in total. The predicted octanol–water partition coefficient (Wildman–Crippen LogP) is 2.33. The first-order chi connectivity index (χ1) is 14.7. The second-order valence-corrected chi connectivity index (χ2v) is 7.17. The topological polar surface area (TPSA) is 118 Å². The van der Waals surface area contributed by atoms with Crippen molar-refractivity contribution in [2.45, 2.75) is 31.7 Å². The third-order valence-electron chi connectivity index (χ3n) is 5.11. The number of benzene rings is 1. The van der Waals surface area contributed by atoms with E-state index in [-0.39, 0.29) is 17.9 Å². The van der Waals surface area contributed by atoms with Crippen LogP contribution in [0, 0.1) is 5.92 Å². The highest BCUT2D eigenvalue weighted by Crippen LogP contribution is 2.42. The van der Waals surface area contributed by atoms with Crippen LogP contribution >= 0.6 is 0 Å². The van der Waals surface area contributed by atoms with Crippen LogP contribution in [0.4, 0.5) is 13.6 Å². The fraction of sp³-hybridized carbons (Fsp3) is 0.300. The molecule has 1 aromatic heterocycles. The number of aliphatic carboxylic acids is 1. The number of hydrogen-bond acceptors (Lipinski definition) is 6. The van der Waals surface area contributed by atoms with Crippen molar-refractivity contribution in [3.05, 3.63) is 53.9 Å². The zero-order valence-electron chi connectivity index (χ0n) is 16.1. The van der Waals surface area contributed by atoms with Gasteiger partial charge in [-0.25, -0.2) is 14.5 Å². The van der Waals surface area contributed by atoms with Crippen molar-refractivity contribution in [2.24, 2.45) is 5.92 Å². The molecule has 1 aromatic carbocycles. The van der Waals surface area contributed by atoms with Crippen molar-refractivity contribution in [3.8, 4) is 11.5 Å². The molecule has 11 heteroatoms. The number of likely N-dealkylation sites (tertiary alicyclic amines) is 1. The van der Waals surface area contributed by atoms with Crippen molar-refractivity contribution < 1.29 is 37.7 Å². The lowest BCUT2D eigenvalue weighted by molar-refractivity contribution is -0.286. The lowest BCUT2D eigenvalue weighted by Gasteiger charge is -2.43. The van der Waals surface area contributed by atoms with E-state index in [1.807, 2.05) is 0 Å². The first kappa shape index (κ1) is 20.5. The highest BCUT2D eigenvalue weighted by atomic mass is 19.3. The van der Waals surface area contributed by atoms with E-state index in [2.05, 4.69) is 19.8 Å². The number of nitrogens with one attached hydrogen (secondary N) is 1. The van der Waals surface area contributed by atoms with Gasteiger partial charge >= 0.3 is 18.3 Å². The van der Waals surface area contributed by atoms with Gasteiger partial charge in [-0.15, -0.1) is 8.78 Å². The maximum atomic E-state index is 13.2. The lowest BCUT2D eigenvalue weighted by atomic mass is 9.83. The van der Waals surface area contributed by atoms with Crippen molar-refractivity contribution in [1.29, 1.82) is 0 Å². The van der Waals surface area contributed by atoms with Gasteiger partial charge in [0.2, 0.25) is 5.91 Å². The van der Waals surface area contributed by atoms with Crippen LogP contribution in [0.1, 0.15) is 24.2 Å². The van der Waals surface area contributed by atoms with E-state index in [4.69, 9.17) is 0 Å². The summed E-state index contributed by atoms with van der Waals surface area (Å²) in [6.07, 6.45) is -2.15. The Morgan fingerprint density at radius 2 is 2.00 bits per heavy atom. The lowest BCUT2D eigenvalue weighted by Crippen LogP contribution is -2.68. The number of pyridine rings is 1. The molecule has 31 heavy (non-hydrogen) atoms. The fourth-order valence-electron chi connectivity index (χ4n) is 3.57. The number of amides is 3. The Morgan fingerprint density at radius 1 is 1.26 bits per heavy atom. The molecule has 0 radical (unpaired) electrons. The minimum Gasteiger partial charge on any atom is -0.480 e. The van der Waals surface area contributed by atoms with Crippen LogP contribution in [0.5, 0.6) is 11.5 Å². The zero-order valence-corrected chi connectivity index (χ0v) is 16.1. The Balaban J connectivity index is 1.44. The highest BCUT2D eigenvalue weighted by Gasteiger charge is 2.55. The summed E-state index contributed by atoms with van der Waals surface area (Å²) >= 11 is 0. The van der Waals surface area contributed by atoms with Crippen LogP contribution in [0.25, 0.3) is 0 Å². The van der Waals surface area contributed by atoms with Crippen LogP contribution in [-0.2, 0) is 16.0 Å². The first-order valence-corrected chi connectivity index (χ1v) is 9.32. The SMILES string of the molecule is C[C@@H](NC(=O)N1C(=O)[C@H](Cc2ccccn2)[C@H]1C(=O)O)c1ccc2c(c1)OC(F)(F)O2. The molecule has 162 valence electrons. The van der Waals surface area contributed by atoms with Crippen molar-refractivity contribution in [2.75, 3.05) is 0 Å². The number of carboxylic acid groups (broad SMARTS) is 1. The summed E-state index contributed by atoms with van der Waals surface area (Å²) in [5, 5.41) is 12.0. The predicted molar refractivity (Wildman–Crippen MR) is 99.3 cm³/mol. The smallest absolute Gasteiger partial charge is 0.480 e. The molecule has 0 aliphatic carbocycles. The van der Waals surface area contributed by atoms with Crippen LogP contribution in [0.15, 0.2) is 42.6 Å². The van der Waals surface area contributed by atoms with Gasteiger partial charge in [0.05, 0.1) is 12.0 Å². The number of rotatable bonds is 5. The molecule has 3 amide bonds. The molecule has 2 aliphatic rings. The van der Waals surface area contributed by atoms with E-state index >= 15 is 0 Å². The normalized spacial score (nSPS) is 21.9. The van der Waals surface area contributed by atoms with E-state index in [0.29, 0.717) is 16.2 Å². The monoisotopic (exact) mass is 433 g/mol. The van der Waals surface area contributed by atoms with Gasteiger partial charge in [0.15, 0.2) is 17.5 Å². The van der Waals surface area contributed by atoms with Crippen LogP contribution in [-0.4, -0.2) is 45.2 Å². The summed E-state index contributed by atoms with van der Waals surface area (Å²) in [4.78, 5) is 41.6. The second-order valence-electron chi connectivity index (χ2n) is 7.17. The van der Waals surface area contributed by atoms with Gasteiger partial charge in [-0.2, -0.15) is 0 Å². The maximum Gasteiger partial charge on any atom is 0.586 e. The molecule has 0 saturated carbocycles. The van der Waals surface area contributed by atoms with E-state index < -0.39 is 42.2 Å². The number of imide groups is 1. The average molecular weight is 433 g/mol. The van der Waals surface area contributed by atoms with Gasteiger partial charge in [-0.3, -0.25) is 9.78 Å². The molecule has 2 aromatic rings. The minimum atomic E-state index is -3.77. The minimum absolute atomic E-state index is 0.0896. The van der Waals surface area contributed by atoms with Gasteiger partial charge in [0.25, 0.3) is 0 Å². The second kappa shape index (κ2) is 7.49. The molecule has 1 fully saturated rings. The summed E-state index contributed by atoms with van der Waals surface area (Å²) in [5.74, 6) is -3.20. The Bertz CT molecular complexity index is 1050. The van der Waals surface area contributed by atoms with E-state index in [0.717, 1.165) is 0 Å². The summed E-state index contributed by atoms with van der Waals surface area (Å²) in [6.45, 7) is 1.55. The van der Waals surface area contributed by atoms with Crippen LogP contribution < -0.4 is 14.8 Å². The number of carbonyl (C=O) groups is 3. The van der Waals surface area contributed by atoms with Crippen molar-refractivity contribution >= 4 is 17.9 Å². The number of hydrogen-bond donors (Lipinski definition) is 2. The molecule has 4 rings (SSSR count). The molecule has 2 aliphatic heterocycles. The van der Waals surface area contributed by atoms with Gasteiger partial charge in [-0.1, -0.05) is 12.1 Å². The Morgan fingerprint density at radius 3 is 2.68 bits per heavy atom. The number of urea groups is 1. The molecule has 1 saturated heterocycles. The van der Waals surface area contributed by atoms with Crippen LogP contribution in [0.2, 0.25) is 0 Å². The fourth-order valence-corrected chi connectivity index (χ4v) is 3.57. The zero-order chi connectivity index (χ0) is 22.3. The summed E-state index contributed by atoms with van der Waals surface area (Å²) in [6, 6.07) is 6.11. The number of alkyl halides is 2. The Hall–Kier alpha value is -3.76. The number of carbonyl (C=O) groups excluding carboxylic acids is 2. The number of carboxylic acids is 1. The third-order valence-corrected chi connectivity index (χ3v) is 5.11. The summed E-state index contributed by atoms with van der Waals surface area (Å²) in [5.41, 5.74) is 0.941. The molecule has 0 bridgehead atoms. The average Bonchev–Trinajstić information content (AvgIpc) is 3.03. The number of nitrogens with zero attached hydrogens (tertiary/aromatic N) is 2. The number of halogens is 2. The first-order valence-electron chi connectivity index (χ1n) is 9.32. The van der Waals surface area contributed by atoms with Gasteiger partial charge < -0.3 is 19.9 Å². The summed E-state index contributed by atoms with van der Waals surface area (Å²) in [7, 11) is 0. The Kier molecular flexibility index (Phi) is 4.96. The number of fused-ring (bicyclic) bond motifs is 1. The van der Waals surface area contributed by atoms with Crippen molar-refractivity contribution in [1.82, 2.24) is 15.2 Å². The molecular weight excluding hydrogens is 416 g/mol. The third kappa shape index (κ3) is 3.86. The quantitative estimate of drug-likeness (QED) is 0.695. The van der Waals surface area contributed by atoms with Gasteiger partial charge in [-0.05, 0) is 36.8 Å². The number of aromatic nitrogens is 1. The standard InChI is InChI=1S/C20H17F2N3O6/c1-10(11-5-6-14-15(8-11)31-20(21,22)30-14)24-19(29)25-16(18(27)28)13(17(25)26)9-12-4-2-3-7-23-12/h2-8,10,13,16H,9H2,1H3,(H,24,29)(H,27,28)/t10-,13-,16+/m1/s1. The molecule has 3 atom stereocenters. The molecule has 2 N–H and O–H groups in total. The largest absolute Gasteiger partial charge is 0.586 e. The maximum absolute atomic E-state index is 13.2. The van der Waals surface area contributed by atoms with Crippen molar-refractivity contribution in [3.63, 3.8) is 0 Å². The van der Waals surface area contributed by atoms with E-state index in [1.54, 1.807) is 25.1 Å².